The van der Waals surface area contributed by atoms with Gasteiger partial charge in [-0.2, -0.15) is 0 Å². The van der Waals surface area contributed by atoms with E-state index in [0.29, 0.717) is 19.4 Å². The monoisotopic (exact) mass is 460 g/mol. The molecule has 0 bridgehead atoms. The average Bonchev–Trinajstić information content (AvgIpc) is 3.44. The molecule has 0 saturated carbocycles. The SMILES string of the molecule is CSC1O[C@H]([C@H](NC(=O)[C@@H]2CC=C(/C=C/C(C)=O)CCN2)[C@H](C)Cl)C(O)C2O[C@]12O. The first-order valence-corrected chi connectivity index (χ1v) is 11.7. The van der Waals surface area contributed by atoms with Crippen LogP contribution in [0.1, 0.15) is 26.7 Å². The van der Waals surface area contributed by atoms with E-state index in [0.717, 1.165) is 5.57 Å². The van der Waals surface area contributed by atoms with Gasteiger partial charge in [0.2, 0.25) is 11.7 Å². The highest BCUT2D eigenvalue weighted by Crippen LogP contribution is 2.49. The van der Waals surface area contributed by atoms with E-state index in [1.807, 2.05) is 6.08 Å². The summed E-state index contributed by atoms with van der Waals surface area (Å²) >= 11 is 7.62. The van der Waals surface area contributed by atoms with E-state index in [4.69, 9.17) is 21.1 Å². The molecular weight excluding hydrogens is 432 g/mol. The number of hydrogen-bond acceptors (Lipinski definition) is 8. The van der Waals surface area contributed by atoms with E-state index >= 15 is 0 Å². The molecule has 168 valence electrons. The maximum absolute atomic E-state index is 12.9. The number of rotatable bonds is 7. The van der Waals surface area contributed by atoms with E-state index in [1.165, 1.54) is 24.8 Å². The summed E-state index contributed by atoms with van der Waals surface area (Å²) < 4.78 is 11.2. The molecule has 8 atom stereocenters. The number of ketones is 1. The lowest BCUT2D eigenvalue weighted by Crippen LogP contribution is -2.62. The average molecular weight is 461 g/mol. The molecule has 3 aliphatic heterocycles. The molecule has 3 aliphatic rings. The Bertz CT molecular complexity index is 732. The van der Waals surface area contributed by atoms with E-state index < -0.39 is 47.0 Å². The minimum atomic E-state index is -1.50. The number of carbonyl (C=O) groups is 2. The third kappa shape index (κ3) is 5.09. The van der Waals surface area contributed by atoms with Crippen LogP contribution in [0.4, 0.5) is 0 Å². The number of aliphatic hydroxyl groups is 2. The summed E-state index contributed by atoms with van der Waals surface area (Å²) in [5.41, 5.74) is 0.314. The molecule has 0 aliphatic carbocycles. The van der Waals surface area contributed by atoms with Crippen LogP contribution in [0.2, 0.25) is 0 Å². The predicted molar refractivity (Wildman–Crippen MR) is 114 cm³/mol. The van der Waals surface area contributed by atoms with Gasteiger partial charge in [-0.3, -0.25) is 9.59 Å². The van der Waals surface area contributed by atoms with Crippen LogP contribution in [0.15, 0.2) is 23.8 Å². The lowest BCUT2D eigenvalue weighted by Gasteiger charge is -2.39. The number of halogens is 1. The Balaban J connectivity index is 1.66. The standard InChI is InChI=1S/C20H29ClN2O6S/c1-10(24)4-5-12-6-7-13(22-9-8-12)18(26)23-14(11(2)21)16-15(25)17-20(27,29-17)19(28-16)30-3/h4-6,11,13-17,19,22,25,27H,7-9H2,1-3H3,(H,23,26)/b5-4+/t11-,13-,14+,15?,16+,17?,19?,20-/m0/s1. The van der Waals surface area contributed by atoms with Crippen molar-refractivity contribution in [1.29, 1.82) is 0 Å². The number of epoxide rings is 1. The lowest BCUT2D eigenvalue weighted by atomic mass is 9.95. The second-order valence-corrected chi connectivity index (χ2v) is 9.46. The Labute approximate surface area is 185 Å². The third-order valence-electron chi connectivity index (χ3n) is 5.57. The van der Waals surface area contributed by atoms with E-state index in [1.54, 1.807) is 19.3 Å². The maximum Gasteiger partial charge on any atom is 0.237 e. The van der Waals surface area contributed by atoms with Crippen LogP contribution in [0.3, 0.4) is 0 Å². The Kier molecular flexibility index (Phi) is 7.66. The smallest absolute Gasteiger partial charge is 0.237 e. The summed E-state index contributed by atoms with van der Waals surface area (Å²) in [4.78, 5) is 24.1. The molecule has 8 nitrogen and oxygen atoms in total. The van der Waals surface area contributed by atoms with Crippen molar-refractivity contribution in [3.8, 4) is 0 Å². The van der Waals surface area contributed by atoms with Gasteiger partial charge in [-0.25, -0.2) is 0 Å². The number of ether oxygens (including phenoxy) is 2. The van der Waals surface area contributed by atoms with Crippen LogP contribution in [0.25, 0.3) is 0 Å². The number of carbonyl (C=O) groups excluding carboxylic acids is 2. The van der Waals surface area contributed by atoms with Gasteiger partial charge in [-0.1, -0.05) is 17.7 Å². The number of amides is 1. The highest BCUT2D eigenvalue weighted by atomic mass is 35.5. The van der Waals surface area contributed by atoms with Crippen LogP contribution in [-0.2, 0) is 19.1 Å². The first kappa shape index (κ1) is 23.7. The van der Waals surface area contributed by atoms with Gasteiger partial charge in [-0.15, -0.1) is 23.4 Å². The van der Waals surface area contributed by atoms with Crippen molar-refractivity contribution in [2.45, 2.75) is 73.7 Å². The summed E-state index contributed by atoms with van der Waals surface area (Å²) in [6, 6.07) is -1.15. The van der Waals surface area contributed by atoms with Crippen molar-refractivity contribution in [3.63, 3.8) is 0 Å². The number of fused-ring (bicyclic) bond motifs is 1. The molecule has 3 heterocycles. The van der Waals surface area contributed by atoms with Gasteiger partial charge < -0.3 is 30.3 Å². The normalized spacial score (nSPS) is 38.2. The summed E-state index contributed by atoms with van der Waals surface area (Å²) in [5, 5.41) is 26.5. The van der Waals surface area contributed by atoms with Crippen molar-refractivity contribution in [3.05, 3.63) is 23.8 Å². The second-order valence-electron chi connectivity index (χ2n) is 7.88. The second kappa shape index (κ2) is 9.68. The number of hydrogen-bond donors (Lipinski definition) is 4. The van der Waals surface area contributed by atoms with Crippen LogP contribution < -0.4 is 10.6 Å². The summed E-state index contributed by atoms with van der Waals surface area (Å²) in [5.74, 6) is -1.78. The molecule has 2 fully saturated rings. The topological polar surface area (TPSA) is 120 Å². The molecule has 4 N–H and O–H groups in total. The fourth-order valence-corrected chi connectivity index (χ4v) is 4.81. The Hall–Kier alpha value is -0.940. The molecule has 0 spiro atoms. The Morgan fingerprint density at radius 3 is 2.87 bits per heavy atom. The Morgan fingerprint density at radius 1 is 1.50 bits per heavy atom. The van der Waals surface area contributed by atoms with Crippen LogP contribution in [0, 0.1) is 0 Å². The zero-order valence-corrected chi connectivity index (χ0v) is 18.8. The molecule has 0 aromatic carbocycles. The molecule has 1 amide bonds. The lowest BCUT2D eigenvalue weighted by molar-refractivity contribution is -0.150. The number of nitrogens with one attached hydrogen (secondary N) is 2. The van der Waals surface area contributed by atoms with Gasteiger partial charge in [0.1, 0.15) is 18.3 Å². The van der Waals surface area contributed by atoms with E-state index in [-0.39, 0.29) is 11.7 Å². The van der Waals surface area contributed by atoms with Crippen LogP contribution >= 0.6 is 23.4 Å². The molecule has 0 aromatic rings. The van der Waals surface area contributed by atoms with E-state index in [9.17, 15) is 19.8 Å². The van der Waals surface area contributed by atoms with Crippen molar-refractivity contribution in [2.75, 3.05) is 12.8 Å². The van der Waals surface area contributed by atoms with Gasteiger partial charge in [0.05, 0.1) is 17.5 Å². The first-order chi connectivity index (χ1) is 14.2. The minimum absolute atomic E-state index is 0.0255. The summed E-state index contributed by atoms with van der Waals surface area (Å²) in [7, 11) is 0. The summed E-state index contributed by atoms with van der Waals surface area (Å²) in [6.07, 6.45) is 5.47. The van der Waals surface area contributed by atoms with Gasteiger partial charge in [0.25, 0.3) is 0 Å². The zero-order chi connectivity index (χ0) is 22.1. The van der Waals surface area contributed by atoms with Crippen molar-refractivity contribution >= 4 is 35.1 Å². The van der Waals surface area contributed by atoms with E-state index in [2.05, 4.69) is 10.6 Å². The number of aliphatic hydroxyl groups excluding tert-OH is 1. The van der Waals surface area contributed by atoms with Crippen molar-refractivity contribution in [1.82, 2.24) is 10.6 Å². The molecule has 30 heavy (non-hydrogen) atoms. The zero-order valence-electron chi connectivity index (χ0n) is 17.2. The van der Waals surface area contributed by atoms with Gasteiger partial charge >= 0.3 is 0 Å². The molecule has 0 radical (unpaired) electrons. The van der Waals surface area contributed by atoms with Gasteiger partial charge in [0.15, 0.2) is 11.2 Å². The molecule has 3 rings (SSSR count). The fourth-order valence-electron chi connectivity index (χ4n) is 3.83. The Morgan fingerprint density at radius 2 is 2.23 bits per heavy atom. The predicted octanol–water partition coefficient (Wildman–Crippen LogP) is 0.458. The van der Waals surface area contributed by atoms with Crippen molar-refractivity contribution < 1.29 is 29.3 Å². The summed E-state index contributed by atoms with van der Waals surface area (Å²) in [6.45, 7) is 3.80. The van der Waals surface area contributed by atoms with Crippen molar-refractivity contribution in [2.24, 2.45) is 0 Å². The molecule has 0 aromatic heterocycles. The minimum Gasteiger partial charge on any atom is -0.387 e. The van der Waals surface area contributed by atoms with Gasteiger partial charge in [-0.05, 0) is 45.6 Å². The largest absolute Gasteiger partial charge is 0.387 e. The van der Waals surface area contributed by atoms with Crippen LogP contribution in [-0.4, -0.2) is 81.7 Å². The quantitative estimate of drug-likeness (QED) is 0.246. The first-order valence-electron chi connectivity index (χ1n) is 9.99. The molecule has 3 unspecified atom stereocenters. The molecule has 10 heteroatoms. The molecular formula is C20H29ClN2O6S. The highest BCUT2D eigenvalue weighted by Gasteiger charge is 2.70. The maximum atomic E-state index is 12.9. The van der Waals surface area contributed by atoms with Gasteiger partial charge in [0, 0.05) is 0 Å². The number of alkyl halides is 1. The van der Waals surface area contributed by atoms with Crippen LogP contribution in [0.5, 0.6) is 0 Å². The number of thioether (sulfide) groups is 1. The number of allylic oxidation sites excluding steroid dienone is 2. The highest BCUT2D eigenvalue weighted by molar-refractivity contribution is 7.99. The third-order valence-corrected chi connectivity index (χ3v) is 6.72. The fraction of sp³-hybridized carbons (Fsp3) is 0.700. The molecule has 2 saturated heterocycles.